The van der Waals surface area contributed by atoms with Crippen LogP contribution < -0.4 is 5.32 Å². The number of aliphatic carboxylic acids is 1. The van der Waals surface area contributed by atoms with Crippen LogP contribution in [-0.2, 0) is 9.59 Å². The lowest BCUT2D eigenvalue weighted by atomic mass is 9.75. The quantitative estimate of drug-likeness (QED) is 0.746. The molecule has 1 aliphatic heterocycles. The summed E-state index contributed by atoms with van der Waals surface area (Å²) >= 11 is 0. The van der Waals surface area contributed by atoms with Gasteiger partial charge in [-0.2, -0.15) is 0 Å². The zero-order valence-corrected chi connectivity index (χ0v) is 11.4. The molecule has 0 bridgehead atoms. The van der Waals surface area contributed by atoms with Gasteiger partial charge in [-0.05, 0) is 32.4 Å². The maximum atomic E-state index is 11.4. The smallest absolute Gasteiger partial charge is 0.309 e. The highest BCUT2D eigenvalue weighted by Crippen LogP contribution is 2.36. The van der Waals surface area contributed by atoms with Gasteiger partial charge in [-0.1, -0.05) is 13.3 Å². The number of amides is 1. The number of nitrogens with zero attached hydrogens (tertiary/aromatic N) is 1. The normalized spacial score (nSPS) is 19.4. The van der Waals surface area contributed by atoms with Crippen molar-refractivity contribution in [2.75, 3.05) is 26.2 Å². The van der Waals surface area contributed by atoms with Crippen molar-refractivity contribution in [1.82, 2.24) is 10.2 Å². The number of carbonyl (C=O) groups excluding carboxylic acids is 1. The van der Waals surface area contributed by atoms with E-state index in [1.54, 1.807) is 0 Å². The molecule has 0 radical (unpaired) electrons. The molecule has 0 saturated carbocycles. The summed E-state index contributed by atoms with van der Waals surface area (Å²) in [4.78, 5) is 24.4. The first-order chi connectivity index (χ1) is 8.50. The molecule has 1 aliphatic rings. The first kappa shape index (κ1) is 15.0. The van der Waals surface area contributed by atoms with Crippen molar-refractivity contribution in [2.24, 2.45) is 5.41 Å². The topological polar surface area (TPSA) is 69.6 Å². The van der Waals surface area contributed by atoms with Crippen LogP contribution >= 0.6 is 0 Å². The van der Waals surface area contributed by atoms with E-state index in [9.17, 15) is 14.7 Å². The van der Waals surface area contributed by atoms with E-state index in [1.807, 2.05) is 6.92 Å². The average Bonchev–Trinajstić information content (AvgIpc) is 2.31. The highest BCUT2D eigenvalue weighted by atomic mass is 16.4. The minimum absolute atomic E-state index is 0.0159. The molecule has 0 aromatic heterocycles. The molecule has 0 aromatic carbocycles. The number of carbonyl (C=O) groups is 2. The molecule has 1 saturated heterocycles. The van der Waals surface area contributed by atoms with Crippen molar-refractivity contribution in [2.45, 2.75) is 39.5 Å². The Morgan fingerprint density at radius 2 is 1.94 bits per heavy atom. The molecule has 5 heteroatoms. The summed E-state index contributed by atoms with van der Waals surface area (Å²) in [6.45, 7) is 6.61. The van der Waals surface area contributed by atoms with Gasteiger partial charge in [0.2, 0.25) is 5.91 Å². The summed E-state index contributed by atoms with van der Waals surface area (Å²) in [5, 5.41) is 12.1. The largest absolute Gasteiger partial charge is 0.481 e. The van der Waals surface area contributed by atoms with Gasteiger partial charge in [0.05, 0.1) is 5.41 Å². The van der Waals surface area contributed by atoms with Crippen molar-refractivity contribution in [3.05, 3.63) is 0 Å². The molecule has 0 atom stereocenters. The Labute approximate surface area is 109 Å². The molecule has 2 N–H and O–H groups in total. The van der Waals surface area contributed by atoms with E-state index in [4.69, 9.17) is 0 Å². The van der Waals surface area contributed by atoms with Crippen molar-refractivity contribution < 1.29 is 14.7 Å². The van der Waals surface area contributed by atoms with Crippen LogP contribution in [0.15, 0.2) is 0 Å². The molecular formula is C13H24N2O3. The van der Waals surface area contributed by atoms with Gasteiger partial charge in [0.1, 0.15) is 0 Å². The van der Waals surface area contributed by atoms with Gasteiger partial charge >= 0.3 is 5.97 Å². The molecule has 0 spiro atoms. The van der Waals surface area contributed by atoms with Gasteiger partial charge < -0.3 is 15.3 Å². The summed E-state index contributed by atoms with van der Waals surface area (Å²) in [5.74, 6) is -0.663. The Balaban J connectivity index is 2.38. The maximum Gasteiger partial charge on any atom is 0.309 e. The number of hydrogen-bond donors (Lipinski definition) is 2. The van der Waals surface area contributed by atoms with Crippen LogP contribution in [0.5, 0.6) is 0 Å². The van der Waals surface area contributed by atoms with Crippen LogP contribution in [0.1, 0.15) is 39.5 Å². The second-order valence-electron chi connectivity index (χ2n) is 5.16. The maximum absolute atomic E-state index is 11.4. The van der Waals surface area contributed by atoms with Gasteiger partial charge in [-0.25, -0.2) is 0 Å². The zero-order chi connectivity index (χ0) is 13.6. The lowest BCUT2D eigenvalue weighted by Crippen LogP contribution is -2.46. The fourth-order valence-electron chi connectivity index (χ4n) is 2.64. The monoisotopic (exact) mass is 256 g/mol. The van der Waals surface area contributed by atoms with Crippen molar-refractivity contribution in [1.29, 1.82) is 0 Å². The predicted molar refractivity (Wildman–Crippen MR) is 69.3 cm³/mol. The van der Waals surface area contributed by atoms with Gasteiger partial charge in [0.15, 0.2) is 0 Å². The van der Waals surface area contributed by atoms with Gasteiger partial charge in [-0.15, -0.1) is 0 Å². The number of rotatable bonds is 6. The molecule has 104 valence electrons. The SMILES string of the molecule is CCCC1(C(=O)O)CCN(CCNC(C)=O)CC1. The van der Waals surface area contributed by atoms with Crippen LogP contribution in [-0.4, -0.2) is 48.1 Å². The molecular weight excluding hydrogens is 232 g/mol. The highest BCUT2D eigenvalue weighted by molar-refractivity contribution is 5.74. The summed E-state index contributed by atoms with van der Waals surface area (Å²) in [6.07, 6.45) is 3.12. The zero-order valence-electron chi connectivity index (χ0n) is 11.4. The molecule has 1 heterocycles. The number of nitrogens with one attached hydrogen (secondary N) is 1. The summed E-state index contributed by atoms with van der Waals surface area (Å²) in [5.41, 5.74) is -0.515. The molecule has 0 aliphatic carbocycles. The van der Waals surface area contributed by atoms with Gasteiger partial charge in [0, 0.05) is 20.0 Å². The number of likely N-dealkylation sites (tertiary alicyclic amines) is 1. The fraction of sp³-hybridized carbons (Fsp3) is 0.846. The van der Waals surface area contributed by atoms with Crippen LogP contribution in [0.4, 0.5) is 0 Å². The Kier molecular flexibility index (Phi) is 5.59. The van der Waals surface area contributed by atoms with E-state index in [-0.39, 0.29) is 5.91 Å². The third-order valence-corrected chi connectivity index (χ3v) is 3.80. The second-order valence-corrected chi connectivity index (χ2v) is 5.16. The average molecular weight is 256 g/mol. The van der Waals surface area contributed by atoms with Gasteiger partial charge in [-0.3, -0.25) is 9.59 Å². The second kappa shape index (κ2) is 6.73. The summed E-state index contributed by atoms with van der Waals surface area (Å²) < 4.78 is 0. The Hall–Kier alpha value is -1.10. The van der Waals surface area contributed by atoms with Crippen molar-refractivity contribution in [3.8, 4) is 0 Å². The lowest BCUT2D eigenvalue weighted by Gasteiger charge is -2.38. The molecule has 5 nitrogen and oxygen atoms in total. The summed E-state index contributed by atoms with van der Waals surface area (Å²) in [6, 6.07) is 0. The van der Waals surface area contributed by atoms with E-state index in [0.29, 0.717) is 6.54 Å². The highest BCUT2D eigenvalue weighted by Gasteiger charge is 2.40. The summed E-state index contributed by atoms with van der Waals surface area (Å²) in [7, 11) is 0. The first-order valence-electron chi connectivity index (χ1n) is 6.70. The van der Waals surface area contributed by atoms with E-state index in [0.717, 1.165) is 45.3 Å². The molecule has 0 aromatic rings. The predicted octanol–water partition coefficient (Wildman–Crippen LogP) is 1.09. The van der Waals surface area contributed by atoms with Crippen molar-refractivity contribution in [3.63, 3.8) is 0 Å². The standard InChI is InChI=1S/C13H24N2O3/c1-3-4-13(12(17)18)5-8-15(9-6-13)10-7-14-11(2)16/h3-10H2,1-2H3,(H,14,16)(H,17,18). The van der Waals surface area contributed by atoms with Crippen LogP contribution in [0.3, 0.4) is 0 Å². The number of carboxylic acids is 1. The number of hydrogen-bond acceptors (Lipinski definition) is 3. The third kappa shape index (κ3) is 3.98. The fourth-order valence-corrected chi connectivity index (χ4v) is 2.64. The van der Waals surface area contributed by atoms with Crippen LogP contribution in [0.2, 0.25) is 0 Å². The number of piperidine rings is 1. The van der Waals surface area contributed by atoms with Gasteiger partial charge in [0.25, 0.3) is 0 Å². The minimum Gasteiger partial charge on any atom is -0.481 e. The van der Waals surface area contributed by atoms with E-state index in [1.165, 1.54) is 6.92 Å². The molecule has 1 amide bonds. The van der Waals surface area contributed by atoms with E-state index < -0.39 is 11.4 Å². The number of carboxylic acid groups (broad SMARTS) is 1. The molecule has 18 heavy (non-hydrogen) atoms. The third-order valence-electron chi connectivity index (χ3n) is 3.80. The Morgan fingerprint density at radius 3 is 2.39 bits per heavy atom. The lowest BCUT2D eigenvalue weighted by molar-refractivity contribution is -0.152. The Morgan fingerprint density at radius 1 is 1.33 bits per heavy atom. The molecule has 1 fully saturated rings. The van der Waals surface area contributed by atoms with Crippen LogP contribution in [0, 0.1) is 5.41 Å². The van der Waals surface area contributed by atoms with Crippen LogP contribution in [0.25, 0.3) is 0 Å². The Bertz CT molecular complexity index is 297. The molecule has 0 unspecified atom stereocenters. The van der Waals surface area contributed by atoms with E-state index in [2.05, 4.69) is 10.2 Å². The molecule has 1 rings (SSSR count). The minimum atomic E-state index is -0.647. The van der Waals surface area contributed by atoms with Crippen molar-refractivity contribution >= 4 is 11.9 Å². The van der Waals surface area contributed by atoms with E-state index >= 15 is 0 Å². The first-order valence-corrected chi connectivity index (χ1v) is 6.70.